The molecule has 0 aliphatic rings. The molecular weight excluding hydrogens is 220 g/mol. The number of aromatic carboxylic acids is 1. The van der Waals surface area contributed by atoms with Crippen molar-refractivity contribution in [2.45, 2.75) is 33.1 Å². The summed E-state index contributed by atoms with van der Waals surface area (Å²) in [5, 5.41) is 27.9. The van der Waals surface area contributed by atoms with Gasteiger partial charge in [0.05, 0.1) is 0 Å². The van der Waals surface area contributed by atoms with Crippen LogP contribution in [0.1, 0.15) is 42.6 Å². The van der Waals surface area contributed by atoms with Crippen LogP contribution in [0.25, 0.3) is 0 Å². The van der Waals surface area contributed by atoms with E-state index < -0.39 is 11.5 Å². The third kappa shape index (κ3) is 3.37. The zero-order valence-electron chi connectivity index (χ0n) is 10.1. The van der Waals surface area contributed by atoms with Gasteiger partial charge >= 0.3 is 5.97 Å². The lowest BCUT2D eigenvalue weighted by molar-refractivity contribution is 0.0690. The molecule has 0 heterocycles. The fourth-order valence-electron chi connectivity index (χ4n) is 2.00. The molecule has 3 N–H and O–H groups in total. The molecule has 17 heavy (non-hydrogen) atoms. The molecule has 0 fully saturated rings. The molecule has 1 aromatic carbocycles. The number of carboxylic acids is 1. The molecule has 0 aromatic heterocycles. The maximum Gasteiger partial charge on any atom is 0.343 e. The SMILES string of the molecule is CCCC(C)Cc1cc(O)c(C(=O)O)c(O)c1. The van der Waals surface area contributed by atoms with Crippen LogP contribution in [0.15, 0.2) is 12.1 Å². The summed E-state index contributed by atoms with van der Waals surface area (Å²) >= 11 is 0. The third-order valence-electron chi connectivity index (χ3n) is 2.74. The number of rotatable bonds is 5. The lowest BCUT2D eigenvalue weighted by Crippen LogP contribution is -2.02. The van der Waals surface area contributed by atoms with Crippen molar-refractivity contribution in [2.75, 3.05) is 0 Å². The smallest absolute Gasteiger partial charge is 0.343 e. The van der Waals surface area contributed by atoms with Crippen LogP contribution < -0.4 is 0 Å². The van der Waals surface area contributed by atoms with Gasteiger partial charge in [0.25, 0.3) is 0 Å². The molecule has 0 amide bonds. The number of phenols is 2. The summed E-state index contributed by atoms with van der Waals surface area (Å²) in [5.41, 5.74) is 0.322. The van der Waals surface area contributed by atoms with Crippen molar-refractivity contribution in [1.29, 1.82) is 0 Å². The fraction of sp³-hybridized carbons (Fsp3) is 0.462. The van der Waals surface area contributed by atoms with Crippen molar-refractivity contribution in [3.63, 3.8) is 0 Å². The van der Waals surface area contributed by atoms with Crippen molar-refractivity contribution in [3.8, 4) is 11.5 Å². The Balaban J connectivity index is 2.94. The Bertz CT molecular complexity index is 389. The first-order valence-corrected chi connectivity index (χ1v) is 5.73. The molecular formula is C13H18O4. The second-order valence-corrected chi connectivity index (χ2v) is 4.41. The van der Waals surface area contributed by atoms with Crippen LogP contribution in [0.5, 0.6) is 11.5 Å². The van der Waals surface area contributed by atoms with Gasteiger partial charge in [0, 0.05) is 0 Å². The van der Waals surface area contributed by atoms with Crippen LogP contribution >= 0.6 is 0 Å². The predicted molar refractivity (Wildman–Crippen MR) is 64.5 cm³/mol. The first-order chi connectivity index (χ1) is 7.95. The zero-order chi connectivity index (χ0) is 13.0. The maximum atomic E-state index is 10.8. The standard InChI is InChI=1S/C13H18O4/c1-3-4-8(2)5-9-6-10(14)12(13(16)17)11(15)7-9/h6-8,14-15H,3-5H2,1-2H3,(H,16,17). The number of carbonyl (C=O) groups is 1. The van der Waals surface area contributed by atoms with Crippen molar-refractivity contribution >= 4 is 5.97 Å². The van der Waals surface area contributed by atoms with E-state index in [-0.39, 0.29) is 11.5 Å². The first kappa shape index (κ1) is 13.4. The van der Waals surface area contributed by atoms with Crippen molar-refractivity contribution in [1.82, 2.24) is 0 Å². The van der Waals surface area contributed by atoms with Crippen LogP contribution in [0.2, 0.25) is 0 Å². The minimum atomic E-state index is -1.33. The molecule has 4 nitrogen and oxygen atoms in total. The van der Waals surface area contributed by atoms with Gasteiger partial charge in [-0.1, -0.05) is 26.7 Å². The second-order valence-electron chi connectivity index (χ2n) is 4.41. The highest BCUT2D eigenvalue weighted by Crippen LogP contribution is 2.30. The Kier molecular flexibility index (Phi) is 4.37. The molecule has 1 rings (SSSR count). The highest BCUT2D eigenvalue weighted by atomic mass is 16.4. The van der Waals surface area contributed by atoms with E-state index in [1.807, 2.05) is 0 Å². The molecule has 0 spiro atoms. The Morgan fingerprint density at radius 1 is 1.29 bits per heavy atom. The average molecular weight is 238 g/mol. The number of aromatic hydroxyl groups is 2. The largest absolute Gasteiger partial charge is 0.507 e. The normalized spacial score (nSPS) is 12.4. The number of benzene rings is 1. The van der Waals surface area contributed by atoms with E-state index in [1.165, 1.54) is 12.1 Å². The summed E-state index contributed by atoms with van der Waals surface area (Å²) in [4.78, 5) is 10.8. The Morgan fingerprint density at radius 3 is 2.24 bits per heavy atom. The van der Waals surface area contributed by atoms with E-state index in [2.05, 4.69) is 13.8 Å². The van der Waals surface area contributed by atoms with Gasteiger partial charge in [-0.2, -0.15) is 0 Å². The molecule has 0 radical (unpaired) electrons. The quantitative estimate of drug-likeness (QED) is 0.737. The summed E-state index contributed by atoms with van der Waals surface area (Å²) in [7, 11) is 0. The fourth-order valence-corrected chi connectivity index (χ4v) is 2.00. The molecule has 0 aliphatic carbocycles. The summed E-state index contributed by atoms with van der Waals surface area (Å²) in [6, 6.07) is 2.82. The van der Waals surface area contributed by atoms with Crippen molar-refractivity contribution < 1.29 is 20.1 Å². The van der Waals surface area contributed by atoms with Gasteiger partial charge in [0.15, 0.2) is 0 Å². The molecule has 4 heteroatoms. The Labute approximate surface area is 101 Å². The van der Waals surface area contributed by atoms with E-state index in [9.17, 15) is 15.0 Å². The molecule has 0 saturated heterocycles. The third-order valence-corrected chi connectivity index (χ3v) is 2.74. The minimum Gasteiger partial charge on any atom is -0.507 e. The monoisotopic (exact) mass is 238 g/mol. The number of carboxylic acid groups (broad SMARTS) is 1. The van der Waals surface area contributed by atoms with Crippen molar-refractivity contribution in [3.05, 3.63) is 23.3 Å². The van der Waals surface area contributed by atoms with Crippen LogP contribution in [-0.4, -0.2) is 21.3 Å². The highest BCUT2D eigenvalue weighted by molar-refractivity contribution is 5.94. The highest BCUT2D eigenvalue weighted by Gasteiger charge is 2.17. The number of hydrogen-bond donors (Lipinski definition) is 3. The lowest BCUT2D eigenvalue weighted by atomic mass is 9.95. The van der Waals surface area contributed by atoms with E-state index in [0.29, 0.717) is 5.92 Å². The van der Waals surface area contributed by atoms with E-state index in [0.717, 1.165) is 24.8 Å². The van der Waals surface area contributed by atoms with E-state index >= 15 is 0 Å². The van der Waals surface area contributed by atoms with Gasteiger partial charge in [-0.05, 0) is 30.0 Å². The predicted octanol–water partition coefficient (Wildman–Crippen LogP) is 2.77. The summed E-state index contributed by atoms with van der Waals surface area (Å²) in [6.45, 7) is 4.18. The molecule has 1 unspecified atom stereocenters. The number of hydrogen-bond acceptors (Lipinski definition) is 3. The van der Waals surface area contributed by atoms with Gasteiger partial charge in [-0.25, -0.2) is 4.79 Å². The molecule has 0 saturated carbocycles. The summed E-state index contributed by atoms with van der Waals surface area (Å²) in [5.74, 6) is -1.64. The Morgan fingerprint density at radius 2 is 1.82 bits per heavy atom. The lowest BCUT2D eigenvalue weighted by Gasteiger charge is -2.12. The molecule has 94 valence electrons. The van der Waals surface area contributed by atoms with Crippen molar-refractivity contribution in [2.24, 2.45) is 5.92 Å². The van der Waals surface area contributed by atoms with Gasteiger partial charge in [-0.15, -0.1) is 0 Å². The van der Waals surface area contributed by atoms with Gasteiger partial charge < -0.3 is 15.3 Å². The summed E-state index contributed by atoms with van der Waals surface area (Å²) < 4.78 is 0. The molecule has 0 bridgehead atoms. The van der Waals surface area contributed by atoms with Gasteiger partial charge in [0.2, 0.25) is 0 Å². The second kappa shape index (κ2) is 5.57. The molecule has 0 aliphatic heterocycles. The molecule has 1 aromatic rings. The van der Waals surface area contributed by atoms with Crippen LogP contribution in [0.3, 0.4) is 0 Å². The van der Waals surface area contributed by atoms with Crippen LogP contribution in [0, 0.1) is 5.92 Å². The zero-order valence-corrected chi connectivity index (χ0v) is 10.1. The van der Waals surface area contributed by atoms with Gasteiger partial charge in [-0.3, -0.25) is 0 Å². The van der Waals surface area contributed by atoms with Crippen LogP contribution in [-0.2, 0) is 6.42 Å². The minimum absolute atomic E-state index is 0.379. The summed E-state index contributed by atoms with van der Waals surface area (Å²) in [6.07, 6.45) is 2.85. The first-order valence-electron chi connectivity index (χ1n) is 5.73. The van der Waals surface area contributed by atoms with E-state index in [1.54, 1.807) is 0 Å². The van der Waals surface area contributed by atoms with E-state index in [4.69, 9.17) is 5.11 Å². The average Bonchev–Trinajstić information content (AvgIpc) is 2.15. The Hall–Kier alpha value is -1.71. The maximum absolute atomic E-state index is 10.8. The van der Waals surface area contributed by atoms with Gasteiger partial charge in [0.1, 0.15) is 17.1 Å². The topological polar surface area (TPSA) is 77.8 Å². The molecule has 1 atom stereocenters. The van der Waals surface area contributed by atoms with Crippen LogP contribution in [0.4, 0.5) is 0 Å².